The van der Waals surface area contributed by atoms with Gasteiger partial charge in [-0.05, 0) is 40.2 Å². The summed E-state index contributed by atoms with van der Waals surface area (Å²) in [5, 5.41) is 11.2. The van der Waals surface area contributed by atoms with Crippen LogP contribution in [0.15, 0.2) is 5.16 Å². The lowest BCUT2D eigenvalue weighted by Gasteiger charge is -2.26. The Kier molecular flexibility index (Phi) is 4.46. The van der Waals surface area contributed by atoms with E-state index in [1.54, 1.807) is 11.8 Å². The van der Waals surface area contributed by atoms with Crippen molar-refractivity contribution in [1.82, 2.24) is 20.5 Å². The van der Waals surface area contributed by atoms with Crippen LogP contribution in [0.4, 0.5) is 0 Å². The predicted octanol–water partition coefficient (Wildman–Crippen LogP) is 1.28. The number of ether oxygens (including phenoxy) is 1. The number of rotatable bonds is 5. The van der Waals surface area contributed by atoms with Crippen molar-refractivity contribution in [3.63, 3.8) is 0 Å². The molecule has 1 aromatic heterocycles. The summed E-state index contributed by atoms with van der Waals surface area (Å²) in [5.41, 5.74) is -0.543. The van der Waals surface area contributed by atoms with Crippen LogP contribution in [0.3, 0.4) is 0 Å². The van der Waals surface area contributed by atoms with Gasteiger partial charge in [0.05, 0.1) is 6.61 Å². The number of nitrogens with one attached hydrogen (secondary N) is 2. The molecule has 2 N–H and O–H groups in total. The summed E-state index contributed by atoms with van der Waals surface area (Å²) in [6.07, 6.45) is 2.50. The van der Waals surface area contributed by atoms with Crippen molar-refractivity contribution in [1.29, 1.82) is 0 Å². The SMILES string of the molecule is CCOC(=O)C1(NC)CCC(Sc2n[nH]c(C)n2)C1. The van der Waals surface area contributed by atoms with Crippen molar-refractivity contribution in [2.45, 2.75) is 49.1 Å². The summed E-state index contributed by atoms with van der Waals surface area (Å²) in [6, 6.07) is 0. The molecule has 0 aliphatic heterocycles. The zero-order valence-corrected chi connectivity index (χ0v) is 12.3. The number of aromatic nitrogens is 3. The first kappa shape index (κ1) is 14.3. The van der Waals surface area contributed by atoms with E-state index in [4.69, 9.17) is 4.74 Å². The molecule has 1 fully saturated rings. The number of nitrogens with zero attached hydrogens (tertiary/aromatic N) is 2. The molecule has 2 rings (SSSR count). The largest absolute Gasteiger partial charge is 0.465 e. The molecular weight excluding hydrogens is 264 g/mol. The smallest absolute Gasteiger partial charge is 0.326 e. The average molecular weight is 284 g/mol. The fourth-order valence-electron chi connectivity index (χ4n) is 2.41. The molecule has 19 heavy (non-hydrogen) atoms. The number of aromatic amines is 1. The summed E-state index contributed by atoms with van der Waals surface area (Å²) in [6.45, 7) is 4.13. The van der Waals surface area contributed by atoms with Crippen molar-refractivity contribution in [3.05, 3.63) is 5.82 Å². The molecule has 0 aromatic carbocycles. The van der Waals surface area contributed by atoms with E-state index in [0.29, 0.717) is 11.9 Å². The number of esters is 1. The van der Waals surface area contributed by atoms with E-state index in [1.807, 2.05) is 20.9 Å². The third-order valence-corrected chi connectivity index (χ3v) is 4.59. The van der Waals surface area contributed by atoms with Crippen LogP contribution in [-0.4, -0.2) is 45.6 Å². The van der Waals surface area contributed by atoms with Crippen molar-refractivity contribution in [2.75, 3.05) is 13.7 Å². The Morgan fingerprint density at radius 3 is 3.05 bits per heavy atom. The molecule has 2 unspecified atom stereocenters. The third-order valence-electron chi connectivity index (χ3n) is 3.46. The van der Waals surface area contributed by atoms with Crippen molar-refractivity contribution in [2.24, 2.45) is 0 Å². The van der Waals surface area contributed by atoms with Crippen LogP contribution in [0.25, 0.3) is 0 Å². The second-order valence-electron chi connectivity index (χ2n) is 4.74. The molecule has 0 bridgehead atoms. The number of H-pyrrole nitrogens is 1. The first-order valence-electron chi connectivity index (χ1n) is 6.51. The van der Waals surface area contributed by atoms with Gasteiger partial charge in [-0.25, -0.2) is 4.98 Å². The topological polar surface area (TPSA) is 79.9 Å². The van der Waals surface area contributed by atoms with Gasteiger partial charge in [-0.3, -0.25) is 9.89 Å². The standard InChI is InChI=1S/C12H20N4O2S/c1-4-18-10(17)12(13-3)6-5-9(7-12)19-11-14-8(2)15-16-11/h9,13H,4-7H2,1-3H3,(H,14,15,16). The number of carbonyl (C=O) groups is 1. The number of hydrogen-bond donors (Lipinski definition) is 2. The van der Waals surface area contributed by atoms with Crippen LogP contribution in [0.5, 0.6) is 0 Å². The molecule has 0 amide bonds. The fourth-order valence-corrected chi connectivity index (χ4v) is 3.60. The van der Waals surface area contributed by atoms with E-state index in [9.17, 15) is 4.79 Å². The minimum Gasteiger partial charge on any atom is -0.465 e. The Labute approximate surface area is 117 Å². The maximum absolute atomic E-state index is 12.1. The fraction of sp³-hybridized carbons (Fsp3) is 0.750. The Bertz CT molecular complexity index is 451. The van der Waals surface area contributed by atoms with Gasteiger partial charge in [0.1, 0.15) is 11.4 Å². The van der Waals surface area contributed by atoms with Gasteiger partial charge in [-0.1, -0.05) is 11.8 Å². The van der Waals surface area contributed by atoms with Gasteiger partial charge in [0.2, 0.25) is 5.16 Å². The Morgan fingerprint density at radius 2 is 2.47 bits per heavy atom. The summed E-state index contributed by atoms with van der Waals surface area (Å²) in [4.78, 5) is 16.4. The molecule has 1 aliphatic rings. The Balaban J connectivity index is 1.99. The number of aryl methyl sites for hydroxylation is 1. The Morgan fingerprint density at radius 1 is 1.68 bits per heavy atom. The maximum atomic E-state index is 12.1. The molecule has 0 spiro atoms. The lowest BCUT2D eigenvalue weighted by molar-refractivity contribution is -0.150. The van der Waals surface area contributed by atoms with Gasteiger partial charge in [-0.15, -0.1) is 5.10 Å². The third kappa shape index (κ3) is 3.09. The summed E-state index contributed by atoms with van der Waals surface area (Å²) < 4.78 is 5.17. The van der Waals surface area contributed by atoms with E-state index in [0.717, 1.165) is 30.2 Å². The van der Waals surface area contributed by atoms with Crippen molar-refractivity contribution < 1.29 is 9.53 Å². The normalized spacial score (nSPS) is 26.6. The molecule has 106 valence electrons. The minimum absolute atomic E-state index is 0.147. The molecule has 2 atom stereocenters. The van der Waals surface area contributed by atoms with Gasteiger partial charge in [0, 0.05) is 5.25 Å². The van der Waals surface area contributed by atoms with Crippen LogP contribution in [0, 0.1) is 6.92 Å². The number of hydrogen-bond acceptors (Lipinski definition) is 6. The van der Waals surface area contributed by atoms with E-state index >= 15 is 0 Å². The van der Waals surface area contributed by atoms with Crippen LogP contribution < -0.4 is 5.32 Å². The monoisotopic (exact) mass is 284 g/mol. The van der Waals surface area contributed by atoms with Gasteiger partial charge in [0.25, 0.3) is 0 Å². The lowest BCUT2D eigenvalue weighted by Crippen LogP contribution is -2.49. The molecule has 1 aromatic rings. The summed E-state index contributed by atoms with van der Waals surface area (Å²) >= 11 is 1.62. The predicted molar refractivity (Wildman–Crippen MR) is 73.0 cm³/mol. The first-order chi connectivity index (χ1) is 9.09. The van der Waals surface area contributed by atoms with Gasteiger partial charge < -0.3 is 10.1 Å². The number of carbonyl (C=O) groups excluding carboxylic acids is 1. The van der Waals surface area contributed by atoms with Gasteiger partial charge >= 0.3 is 5.97 Å². The van der Waals surface area contributed by atoms with E-state index in [2.05, 4.69) is 20.5 Å². The highest BCUT2D eigenvalue weighted by Gasteiger charge is 2.45. The van der Waals surface area contributed by atoms with Crippen LogP contribution >= 0.6 is 11.8 Å². The maximum Gasteiger partial charge on any atom is 0.326 e. The Hall–Kier alpha value is -1.08. The molecule has 0 saturated heterocycles. The molecule has 1 heterocycles. The quantitative estimate of drug-likeness (QED) is 0.793. The second-order valence-corrected chi connectivity index (χ2v) is 6.01. The number of likely N-dealkylation sites (N-methyl/N-ethyl adjacent to an activating group) is 1. The minimum atomic E-state index is -0.543. The molecule has 1 aliphatic carbocycles. The van der Waals surface area contributed by atoms with Crippen molar-refractivity contribution >= 4 is 17.7 Å². The van der Waals surface area contributed by atoms with E-state index < -0.39 is 5.54 Å². The highest BCUT2D eigenvalue weighted by atomic mass is 32.2. The molecule has 7 heteroatoms. The molecule has 1 saturated carbocycles. The highest BCUT2D eigenvalue weighted by molar-refractivity contribution is 7.99. The van der Waals surface area contributed by atoms with Crippen LogP contribution in [0.2, 0.25) is 0 Å². The van der Waals surface area contributed by atoms with Crippen molar-refractivity contribution in [3.8, 4) is 0 Å². The van der Waals surface area contributed by atoms with Crippen LogP contribution in [-0.2, 0) is 9.53 Å². The van der Waals surface area contributed by atoms with Crippen LogP contribution in [0.1, 0.15) is 32.0 Å². The van der Waals surface area contributed by atoms with Gasteiger partial charge in [0.15, 0.2) is 0 Å². The molecule has 0 radical (unpaired) electrons. The van der Waals surface area contributed by atoms with Gasteiger partial charge in [-0.2, -0.15) is 0 Å². The zero-order valence-electron chi connectivity index (χ0n) is 11.5. The summed E-state index contributed by atoms with van der Waals surface area (Å²) in [5.74, 6) is 0.664. The van der Waals surface area contributed by atoms with E-state index in [1.165, 1.54) is 0 Å². The average Bonchev–Trinajstić information content (AvgIpc) is 2.98. The van der Waals surface area contributed by atoms with E-state index in [-0.39, 0.29) is 5.97 Å². The highest BCUT2D eigenvalue weighted by Crippen LogP contribution is 2.39. The number of thioether (sulfide) groups is 1. The second kappa shape index (κ2) is 5.92. The molecular formula is C12H20N4O2S. The molecule has 6 nitrogen and oxygen atoms in total. The lowest BCUT2D eigenvalue weighted by atomic mass is 9.98. The first-order valence-corrected chi connectivity index (χ1v) is 7.39. The summed E-state index contributed by atoms with van der Waals surface area (Å²) in [7, 11) is 1.82. The zero-order chi connectivity index (χ0) is 13.9.